The standard InChI is InChI=1S/C12H12S/c1-9-5-6-11(8-10(9)2)12-4-3-7-13-12/h3-6,8H,1,7H2,2H3. The second-order valence-electron chi connectivity index (χ2n) is 3.22. The van der Waals surface area contributed by atoms with Crippen LogP contribution in [-0.2, 0) is 0 Å². The molecule has 0 nitrogen and oxygen atoms in total. The van der Waals surface area contributed by atoms with Crippen molar-refractivity contribution in [2.24, 2.45) is 0 Å². The summed E-state index contributed by atoms with van der Waals surface area (Å²) < 4.78 is 0. The number of hydrogen-bond acceptors (Lipinski definition) is 1. The lowest BCUT2D eigenvalue weighted by molar-refractivity contribution is 1.39. The summed E-state index contributed by atoms with van der Waals surface area (Å²) in [4.78, 5) is 1.38. The van der Waals surface area contributed by atoms with Crippen LogP contribution in [0.1, 0.15) is 5.56 Å². The largest absolute Gasteiger partial charge is 0.121 e. The molecule has 0 N–H and O–H groups in total. The molecule has 0 spiro atoms. The number of aryl methyl sites for hydroxylation is 1. The molecule has 1 aromatic carbocycles. The number of thioether (sulfide) groups is 1. The average Bonchev–Trinajstić information content (AvgIpc) is 2.62. The third kappa shape index (κ3) is 1.70. The minimum absolute atomic E-state index is 1.11. The number of hydrogen-bond donors (Lipinski definition) is 0. The lowest BCUT2D eigenvalue weighted by Gasteiger charge is -1.96. The third-order valence-corrected chi connectivity index (χ3v) is 3.27. The monoisotopic (exact) mass is 188 g/mol. The second kappa shape index (κ2) is 3.43. The first-order valence-corrected chi connectivity index (χ1v) is 5.35. The Bertz CT molecular complexity index is 455. The normalized spacial score (nSPS) is 19.5. The Kier molecular flexibility index (Phi) is 2.28. The highest BCUT2D eigenvalue weighted by Gasteiger charge is 2.00. The maximum atomic E-state index is 3.95. The topological polar surface area (TPSA) is 0 Å². The van der Waals surface area contributed by atoms with Crippen molar-refractivity contribution >= 4 is 23.2 Å². The van der Waals surface area contributed by atoms with Crippen LogP contribution in [-0.4, -0.2) is 5.75 Å². The van der Waals surface area contributed by atoms with Gasteiger partial charge >= 0.3 is 0 Å². The Morgan fingerprint density at radius 3 is 2.85 bits per heavy atom. The molecule has 66 valence electrons. The lowest BCUT2D eigenvalue weighted by Crippen LogP contribution is -2.11. The van der Waals surface area contributed by atoms with Crippen molar-refractivity contribution in [2.75, 3.05) is 5.75 Å². The predicted molar refractivity (Wildman–Crippen MR) is 61.0 cm³/mol. The van der Waals surface area contributed by atoms with Gasteiger partial charge in [0, 0.05) is 10.7 Å². The molecular weight excluding hydrogens is 176 g/mol. The Balaban J connectivity index is 2.65. The summed E-state index contributed by atoms with van der Waals surface area (Å²) in [6, 6.07) is 6.44. The Morgan fingerprint density at radius 2 is 2.23 bits per heavy atom. The minimum Gasteiger partial charge on any atom is -0.121 e. The van der Waals surface area contributed by atoms with E-state index in [0.717, 1.165) is 11.0 Å². The van der Waals surface area contributed by atoms with Crippen molar-refractivity contribution in [3.63, 3.8) is 0 Å². The van der Waals surface area contributed by atoms with E-state index in [1.54, 1.807) is 0 Å². The first kappa shape index (κ1) is 8.64. The zero-order valence-electron chi connectivity index (χ0n) is 7.71. The predicted octanol–water partition coefficient (Wildman–Crippen LogP) is 1.82. The van der Waals surface area contributed by atoms with Crippen LogP contribution in [0.25, 0.3) is 11.5 Å². The molecule has 1 aliphatic rings. The van der Waals surface area contributed by atoms with Crippen molar-refractivity contribution in [1.29, 1.82) is 0 Å². The van der Waals surface area contributed by atoms with E-state index >= 15 is 0 Å². The van der Waals surface area contributed by atoms with Gasteiger partial charge in [0.15, 0.2) is 0 Å². The van der Waals surface area contributed by atoms with Crippen molar-refractivity contribution in [3.05, 3.63) is 46.4 Å². The fraction of sp³-hybridized carbons (Fsp3) is 0.167. The van der Waals surface area contributed by atoms with Crippen molar-refractivity contribution in [3.8, 4) is 0 Å². The van der Waals surface area contributed by atoms with E-state index in [1.807, 2.05) is 11.8 Å². The molecule has 0 radical (unpaired) electrons. The van der Waals surface area contributed by atoms with Gasteiger partial charge in [0.05, 0.1) is 0 Å². The van der Waals surface area contributed by atoms with E-state index in [1.165, 1.54) is 15.7 Å². The molecule has 1 heterocycles. The van der Waals surface area contributed by atoms with Crippen LogP contribution in [0.15, 0.2) is 30.4 Å². The molecule has 0 atom stereocenters. The molecule has 1 heteroatoms. The van der Waals surface area contributed by atoms with Crippen LogP contribution >= 0.6 is 11.8 Å². The maximum absolute atomic E-state index is 3.95. The molecule has 0 saturated carbocycles. The smallest absolute Gasteiger partial charge is 0.0164 e. The van der Waals surface area contributed by atoms with Gasteiger partial charge in [0.25, 0.3) is 0 Å². The summed E-state index contributed by atoms with van der Waals surface area (Å²) in [7, 11) is 0. The van der Waals surface area contributed by atoms with E-state index in [9.17, 15) is 0 Å². The van der Waals surface area contributed by atoms with Crippen LogP contribution in [0.5, 0.6) is 0 Å². The molecule has 1 aliphatic heterocycles. The number of benzene rings is 1. The van der Waals surface area contributed by atoms with Crippen LogP contribution in [0.4, 0.5) is 0 Å². The highest BCUT2D eigenvalue weighted by molar-refractivity contribution is 8.08. The van der Waals surface area contributed by atoms with E-state index < -0.39 is 0 Å². The fourth-order valence-electron chi connectivity index (χ4n) is 1.37. The quantitative estimate of drug-likeness (QED) is 0.598. The highest BCUT2D eigenvalue weighted by atomic mass is 32.2. The van der Waals surface area contributed by atoms with Crippen LogP contribution in [0, 0.1) is 6.92 Å². The SMILES string of the molecule is C=c1ccc(=C2C=CCS2)cc1C. The molecule has 13 heavy (non-hydrogen) atoms. The Morgan fingerprint density at radius 1 is 1.38 bits per heavy atom. The fourth-order valence-corrected chi connectivity index (χ4v) is 2.23. The summed E-state index contributed by atoms with van der Waals surface area (Å²) in [5.41, 5.74) is 1.27. The van der Waals surface area contributed by atoms with E-state index in [4.69, 9.17) is 0 Å². The molecule has 2 rings (SSSR count). The molecular formula is C12H12S. The van der Waals surface area contributed by atoms with Crippen molar-refractivity contribution in [1.82, 2.24) is 0 Å². The van der Waals surface area contributed by atoms with E-state index in [0.29, 0.717) is 0 Å². The van der Waals surface area contributed by atoms with Crippen molar-refractivity contribution < 1.29 is 0 Å². The third-order valence-electron chi connectivity index (χ3n) is 2.23. The minimum atomic E-state index is 1.11. The molecule has 0 amide bonds. The molecule has 0 unspecified atom stereocenters. The second-order valence-corrected chi connectivity index (χ2v) is 4.28. The average molecular weight is 188 g/mol. The summed E-state index contributed by atoms with van der Waals surface area (Å²) in [6.45, 7) is 6.06. The van der Waals surface area contributed by atoms with Gasteiger partial charge in [0.1, 0.15) is 0 Å². The van der Waals surface area contributed by atoms with Gasteiger partial charge in [-0.2, -0.15) is 0 Å². The zero-order valence-corrected chi connectivity index (χ0v) is 8.53. The van der Waals surface area contributed by atoms with Gasteiger partial charge in [-0.05, 0) is 22.9 Å². The highest BCUT2D eigenvalue weighted by Crippen LogP contribution is 2.23. The lowest BCUT2D eigenvalue weighted by atomic mass is 10.1. The van der Waals surface area contributed by atoms with Gasteiger partial charge in [-0.1, -0.05) is 36.9 Å². The maximum Gasteiger partial charge on any atom is 0.0164 e. The Hall–Kier alpha value is -0.950. The first-order chi connectivity index (χ1) is 6.27. The zero-order chi connectivity index (χ0) is 9.26. The van der Waals surface area contributed by atoms with E-state index in [2.05, 4.69) is 43.9 Å². The molecule has 0 aromatic heterocycles. The van der Waals surface area contributed by atoms with Gasteiger partial charge in [-0.15, -0.1) is 11.8 Å². The van der Waals surface area contributed by atoms with Gasteiger partial charge < -0.3 is 0 Å². The van der Waals surface area contributed by atoms with E-state index in [-0.39, 0.29) is 0 Å². The van der Waals surface area contributed by atoms with Gasteiger partial charge in [-0.25, -0.2) is 0 Å². The molecule has 0 fully saturated rings. The Labute approximate surface area is 82.7 Å². The molecule has 0 saturated heterocycles. The molecule has 1 aromatic rings. The number of rotatable bonds is 0. The van der Waals surface area contributed by atoms with Crippen LogP contribution in [0.3, 0.4) is 0 Å². The molecule has 0 bridgehead atoms. The summed E-state index contributed by atoms with van der Waals surface area (Å²) in [5, 5.41) is 2.44. The van der Waals surface area contributed by atoms with Gasteiger partial charge in [-0.3, -0.25) is 0 Å². The van der Waals surface area contributed by atoms with Gasteiger partial charge in [0.2, 0.25) is 0 Å². The van der Waals surface area contributed by atoms with Crippen LogP contribution < -0.4 is 10.4 Å². The summed E-state index contributed by atoms with van der Waals surface area (Å²) >= 11 is 1.90. The molecule has 0 aliphatic carbocycles. The first-order valence-electron chi connectivity index (χ1n) is 4.36. The van der Waals surface area contributed by atoms with Crippen molar-refractivity contribution in [2.45, 2.75) is 6.92 Å². The summed E-state index contributed by atoms with van der Waals surface area (Å²) in [5.74, 6) is 1.11. The van der Waals surface area contributed by atoms with Crippen LogP contribution in [0.2, 0.25) is 0 Å². The summed E-state index contributed by atoms with van der Waals surface area (Å²) in [6.07, 6.45) is 4.40.